The van der Waals surface area contributed by atoms with Crippen molar-refractivity contribution >= 4 is 6.29 Å². The quantitative estimate of drug-likeness (QED) is 0.668. The minimum absolute atomic E-state index is 0.476. The van der Waals surface area contributed by atoms with E-state index >= 15 is 0 Å². The van der Waals surface area contributed by atoms with Crippen LogP contribution in [0.3, 0.4) is 0 Å². The summed E-state index contributed by atoms with van der Waals surface area (Å²) in [5, 5.41) is 0. The van der Waals surface area contributed by atoms with Gasteiger partial charge in [-0.05, 0) is 17.7 Å². The van der Waals surface area contributed by atoms with Crippen LogP contribution in [0.25, 0.3) is 0 Å². The molecule has 0 bridgehead atoms. The van der Waals surface area contributed by atoms with Gasteiger partial charge in [0.05, 0.1) is 7.11 Å². The van der Waals surface area contributed by atoms with Crippen molar-refractivity contribution in [1.82, 2.24) is 0 Å². The molecular formula is C11H16O2. The van der Waals surface area contributed by atoms with Crippen LogP contribution in [0.2, 0.25) is 0 Å². The molecule has 0 unspecified atom stereocenters. The Morgan fingerprint density at radius 3 is 2.15 bits per heavy atom. The lowest BCUT2D eigenvalue weighted by Gasteiger charge is -1.98. The molecular weight excluding hydrogens is 164 g/mol. The molecule has 0 atom stereocenters. The van der Waals surface area contributed by atoms with Gasteiger partial charge in [0, 0.05) is 6.42 Å². The minimum atomic E-state index is 0.476. The Hall–Kier alpha value is -1.31. The molecule has 1 aromatic rings. The number of hydrogen-bond donors (Lipinski definition) is 0. The molecule has 1 aromatic carbocycles. The highest BCUT2D eigenvalue weighted by Gasteiger charge is 1.91. The number of carbonyl (C=O) groups excluding carboxylic acids is 1. The first-order chi connectivity index (χ1) is 6.36. The van der Waals surface area contributed by atoms with Crippen LogP contribution in [0, 0.1) is 0 Å². The van der Waals surface area contributed by atoms with E-state index in [0.29, 0.717) is 6.42 Å². The summed E-state index contributed by atoms with van der Waals surface area (Å²) in [4.78, 5) is 10.1. The summed E-state index contributed by atoms with van der Waals surface area (Å²) in [5.74, 6) is 0.819. The van der Waals surface area contributed by atoms with Crippen LogP contribution in [-0.2, 0) is 11.2 Å². The summed E-state index contributed by atoms with van der Waals surface area (Å²) in [7, 11) is 1.62. The molecule has 2 nitrogen and oxygen atoms in total. The van der Waals surface area contributed by atoms with Gasteiger partial charge in [-0.15, -0.1) is 0 Å². The second kappa shape index (κ2) is 7.35. The maximum absolute atomic E-state index is 10.1. The van der Waals surface area contributed by atoms with Crippen LogP contribution in [-0.4, -0.2) is 13.4 Å². The lowest BCUT2D eigenvalue weighted by molar-refractivity contribution is -0.107. The van der Waals surface area contributed by atoms with Crippen molar-refractivity contribution in [3.05, 3.63) is 29.8 Å². The lowest BCUT2D eigenvalue weighted by Crippen LogP contribution is -1.86. The molecule has 0 amide bonds. The largest absolute Gasteiger partial charge is 0.497 e. The Morgan fingerprint density at radius 2 is 1.77 bits per heavy atom. The number of ether oxygens (including phenoxy) is 1. The van der Waals surface area contributed by atoms with E-state index in [1.807, 2.05) is 38.1 Å². The van der Waals surface area contributed by atoms with Gasteiger partial charge in [0.15, 0.2) is 0 Å². The van der Waals surface area contributed by atoms with Crippen molar-refractivity contribution in [3.8, 4) is 5.75 Å². The van der Waals surface area contributed by atoms with Crippen LogP contribution in [0.5, 0.6) is 5.75 Å². The average Bonchev–Trinajstić information content (AvgIpc) is 2.23. The van der Waals surface area contributed by atoms with Crippen LogP contribution in [0.15, 0.2) is 24.3 Å². The number of rotatable bonds is 3. The molecule has 0 fully saturated rings. The zero-order chi connectivity index (χ0) is 10.1. The van der Waals surface area contributed by atoms with E-state index in [4.69, 9.17) is 4.74 Å². The molecule has 0 aliphatic carbocycles. The molecule has 0 radical (unpaired) electrons. The van der Waals surface area contributed by atoms with E-state index in [1.54, 1.807) is 7.11 Å². The van der Waals surface area contributed by atoms with Crippen molar-refractivity contribution in [3.63, 3.8) is 0 Å². The number of aldehydes is 1. The lowest BCUT2D eigenvalue weighted by atomic mass is 10.2. The molecule has 0 heterocycles. The van der Waals surface area contributed by atoms with Crippen molar-refractivity contribution < 1.29 is 9.53 Å². The summed E-state index contributed by atoms with van der Waals surface area (Å²) in [6.07, 6.45) is 1.37. The van der Waals surface area contributed by atoms with Crippen LogP contribution in [0.4, 0.5) is 0 Å². The van der Waals surface area contributed by atoms with E-state index in [1.165, 1.54) is 0 Å². The van der Waals surface area contributed by atoms with Crippen LogP contribution >= 0.6 is 0 Å². The summed E-state index contributed by atoms with van der Waals surface area (Å²) in [6.45, 7) is 4.00. The van der Waals surface area contributed by atoms with Crippen molar-refractivity contribution in [2.45, 2.75) is 20.3 Å². The molecule has 2 heteroatoms. The minimum Gasteiger partial charge on any atom is -0.497 e. The Bertz CT molecular complexity index is 226. The predicted octanol–water partition coefficient (Wildman–Crippen LogP) is 2.46. The molecule has 0 aromatic heterocycles. The molecule has 72 valence electrons. The normalized spacial score (nSPS) is 8.23. The van der Waals surface area contributed by atoms with E-state index in [9.17, 15) is 4.79 Å². The smallest absolute Gasteiger partial charge is 0.124 e. The van der Waals surface area contributed by atoms with Gasteiger partial charge in [-0.3, -0.25) is 0 Å². The van der Waals surface area contributed by atoms with E-state index in [0.717, 1.165) is 17.6 Å². The fourth-order valence-electron chi connectivity index (χ4n) is 0.858. The van der Waals surface area contributed by atoms with Gasteiger partial charge in [0.1, 0.15) is 12.0 Å². The molecule has 0 N–H and O–H groups in total. The van der Waals surface area contributed by atoms with Crippen molar-refractivity contribution in [1.29, 1.82) is 0 Å². The second-order valence-corrected chi connectivity index (χ2v) is 2.22. The van der Waals surface area contributed by atoms with Crippen LogP contribution < -0.4 is 4.74 Å². The number of benzene rings is 1. The van der Waals surface area contributed by atoms with Gasteiger partial charge in [0.2, 0.25) is 0 Å². The van der Waals surface area contributed by atoms with Gasteiger partial charge >= 0.3 is 0 Å². The summed E-state index contributed by atoms with van der Waals surface area (Å²) >= 11 is 0. The topological polar surface area (TPSA) is 26.3 Å². The Kier molecular flexibility index (Phi) is 6.60. The first-order valence-electron chi connectivity index (χ1n) is 4.43. The summed E-state index contributed by atoms with van der Waals surface area (Å²) in [5.41, 5.74) is 1.01. The molecule has 1 rings (SSSR count). The monoisotopic (exact) mass is 180 g/mol. The second-order valence-electron chi connectivity index (χ2n) is 2.22. The SMILES string of the molecule is CC.COc1ccc(CC=O)cc1. The zero-order valence-electron chi connectivity index (χ0n) is 8.41. The maximum Gasteiger partial charge on any atom is 0.124 e. The van der Waals surface area contributed by atoms with Crippen molar-refractivity contribution in [2.75, 3.05) is 7.11 Å². The fourth-order valence-corrected chi connectivity index (χ4v) is 0.858. The highest BCUT2D eigenvalue weighted by Crippen LogP contribution is 2.10. The Balaban J connectivity index is 0.000000671. The van der Waals surface area contributed by atoms with Gasteiger partial charge in [-0.25, -0.2) is 0 Å². The predicted molar refractivity (Wildman–Crippen MR) is 54.1 cm³/mol. The van der Waals surface area contributed by atoms with E-state index in [2.05, 4.69) is 0 Å². The third kappa shape index (κ3) is 4.31. The molecule has 13 heavy (non-hydrogen) atoms. The first-order valence-corrected chi connectivity index (χ1v) is 4.43. The molecule has 0 saturated heterocycles. The fraction of sp³-hybridized carbons (Fsp3) is 0.364. The standard InChI is InChI=1S/C9H10O2.C2H6/c1-11-9-4-2-8(3-5-9)6-7-10;1-2/h2-5,7H,6H2,1H3;1-2H3. The average molecular weight is 180 g/mol. The van der Waals surface area contributed by atoms with Crippen molar-refractivity contribution in [2.24, 2.45) is 0 Å². The third-order valence-electron chi connectivity index (χ3n) is 1.48. The van der Waals surface area contributed by atoms with Crippen LogP contribution in [0.1, 0.15) is 19.4 Å². The molecule has 0 aliphatic rings. The highest BCUT2D eigenvalue weighted by molar-refractivity contribution is 5.55. The maximum atomic E-state index is 10.1. The van der Waals surface area contributed by atoms with Gasteiger partial charge in [0.25, 0.3) is 0 Å². The molecule has 0 aliphatic heterocycles. The first kappa shape index (κ1) is 11.7. The Morgan fingerprint density at radius 1 is 1.23 bits per heavy atom. The summed E-state index contributed by atoms with van der Waals surface area (Å²) < 4.78 is 4.96. The third-order valence-corrected chi connectivity index (χ3v) is 1.48. The van der Waals surface area contributed by atoms with Gasteiger partial charge < -0.3 is 9.53 Å². The Labute approximate surface area is 79.5 Å². The molecule has 0 spiro atoms. The number of carbonyl (C=O) groups is 1. The summed E-state index contributed by atoms with van der Waals surface area (Å²) in [6, 6.07) is 7.46. The zero-order valence-corrected chi connectivity index (χ0v) is 8.41. The van der Waals surface area contributed by atoms with E-state index < -0.39 is 0 Å². The van der Waals surface area contributed by atoms with Gasteiger partial charge in [-0.2, -0.15) is 0 Å². The number of hydrogen-bond acceptors (Lipinski definition) is 2. The molecule has 0 saturated carbocycles. The van der Waals surface area contributed by atoms with Gasteiger partial charge in [-0.1, -0.05) is 26.0 Å². The number of methoxy groups -OCH3 is 1. The van der Waals surface area contributed by atoms with E-state index in [-0.39, 0.29) is 0 Å². The highest BCUT2D eigenvalue weighted by atomic mass is 16.5.